The predicted molar refractivity (Wildman–Crippen MR) is 60.2 cm³/mol. The van der Waals surface area contributed by atoms with Crippen LogP contribution >= 0.6 is 0 Å². The smallest absolute Gasteiger partial charge is 0.310 e. The summed E-state index contributed by atoms with van der Waals surface area (Å²) >= 11 is 0. The van der Waals surface area contributed by atoms with Crippen LogP contribution in [-0.4, -0.2) is 27.7 Å². The van der Waals surface area contributed by atoms with E-state index in [1.807, 2.05) is 13.8 Å². The number of nitrogens with zero attached hydrogens (tertiary/aromatic N) is 2. The summed E-state index contributed by atoms with van der Waals surface area (Å²) in [4.78, 5) is 13.8. The first-order valence-electron chi connectivity index (χ1n) is 5.02. The number of aliphatic hydroxyl groups is 1. The molecule has 1 aromatic heterocycles. The van der Waals surface area contributed by atoms with Gasteiger partial charge in [-0.3, -0.25) is 15.1 Å². The number of anilines is 1. The minimum Gasteiger partial charge on any atom is -0.391 e. The second-order valence-electron chi connectivity index (χ2n) is 3.84. The molecule has 88 valence electrons. The molecule has 0 radical (unpaired) electrons. The summed E-state index contributed by atoms with van der Waals surface area (Å²) in [5, 5.41) is 23.1. The van der Waals surface area contributed by atoms with Gasteiger partial charge in [-0.2, -0.15) is 0 Å². The van der Waals surface area contributed by atoms with Crippen molar-refractivity contribution in [3.8, 4) is 0 Å². The van der Waals surface area contributed by atoms with E-state index in [1.165, 1.54) is 18.5 Å². The lowest BCUT2D eigenvalue weighted by molar-refractivity contribution is -0.384. The van der Waals surface area contributed by atoms with Crippen LogP contribution in [0.15, 0.2) is 18.5 Å². The number of aromatic nitrogens is 1. The van der Waals surface area contributed by atoms with E-state index in [0.717, 1.165) is 0 Å². The van der Waals surface area contributed by atoms with Crippen LogP contribution in [0.4, 0.5) is 11.4 Å². The zero-order valence-electron chi connectivity index (χ0n) is 9.25. The Morgan fingerprint density at radius 2 is 2.31 bits per heavy atom. The lowest BCUT2D eigenvalue weighted by atomic mass is 10.1. The number of hydrogen-bond donors (Lipinski definition) is 2. The van der Waals surface area contributed by atoms with E-state index in [0.29, 0.717) is 5.69 Å². The molecule has 6 heteroatoms. The van der Waals surface area contributed by atoms with E-state index in [1.54, 1.807) is 0 Å². The van der Waals surface area contributed by atoms with E-state index >= 15 is 0 Å². The second-order valence-corrected chi connectivity index (χ2v) is 3.84. The number of pyridine rings is 1. The molecule has 0 amide bonds. The molecule has 0 aliphatic rings. The normalized spacial score (nSPS) is 12.5. The van der Waals surface area contributed by atoms with Crippen molar-refractivity contribution < 1.29 is 10.0 Å². The van der Waals surface area contributed by atoms with Crippen LogP contribution in [0.1, 0.15) is 13.8 Å². The van der Waals surface area contributed by atoms with Crippen molar-refractivity contribution in [2.75, 3.05) is 11.9 Å². The zero-order chi connectivity index (χ0) is 12.1. The number of nitro groups is 1. The van der Waals surface area contributed by atoms with Gasteiger partial charge in [0.2, 0.25) is 0 Å². The fourth-order valence-corrected chi connectivity index (χ4v) is 1.13. The summed E-state index contributed by atoms with van der Waals surface area (Å²) in [6.07, 6.45) is 2.12. The molecule has 2 N–H and O–H groups in total. The number of rotatable bonds is 5. The summed E-state index contributed by atoms with van der Waals surface area (Å²) < 4.78 is 0. The fraction of sp³-hybridized carbons (Fsp3) is 0.500. The molecule has 6 nitrogen and oxygen atoms in total. The van der Waals surface area contributed by atoms with Gasteiger partial charge in [-0.05, 0) is 12.0 Å². The molecule has 1 atom stereocenters. The summed E-state index contributed by atoms with van der Waals surface area (Å²) in [6, 6.07) is 1.52. The monoisotopic (exact) mass is 225 g/mol. The molecule has 0 saturated heterocycles. The Kier molecular flexibility index (Phi) is 4.19. The van der Waals surface area contributed by atoms with Gasteiger partial charge in [-0.25, -0.2) is 0 Å². The van der Waals surface area contributed by atoms with E-state index in [9.17, 15) is 15.2 Å². The Morgan fingerprint density at radius 3 is 2.88 bits per heavy atom. The van der Waals surface area contributed by atoms with Crippen molar-refractivity contribution in [3.05, 3.63) is 28.6 Å². The Balaban J connectivity index is 2.70. The molecule has 1 unspecified atom stereocenters. The van der Waals surface area contributed by atoms with Crippen LogP contribution in [0.3, 0.4) is 0 Å². The minimum absolute atomic E-state index is 0.0848. The Bertz CT molecular complexity index is 368. The molecule has 0 saturated carbocycles. The van der Waals surface area contributed by atoms with Gasteiger partial charge in [0.05, 0.1) is 11.0 Å². The number of aliphatic hydroxyl groups excluding tert-OH is 1. The molecule has 1 rings (SSSR count). The quantitative estimate of drug-likeness (QED) is 0.584. The lowest BCUT2D eigenvalue weighted by Crippen LogP contribution is -2.25. The van der Waals surface area contributed by atoms with Gasteiger partial charge >= 0.3 is 5.69 Å². The number of hydrogen-bond acceptors (Lipinski definition) is 5. The molecule has 1 aromatic rings. The van der Waals surface area contributed by atoms with Gasteiger partial charge in [0.1, 0.15) is 11.9 Å². The van der Waals surface area contributed by atoms with Crippen LogP contribution in [0.2, 0.25) is 0 Å². The molecule has 0 fully saturated rings. The summed E-state index contributed by atoms with van der Waals surface area (Å²) in [6.45, 7) is 4.04. The van der Waals surface area contributed by atoms with Crippen molar-refractivity contribution in [1.29, 1.82) is 0 Å². The molecule has 0 spiro atoms. The van der Waals surface area contributed by atoms with Gasteiger partial charge < -0.3 is 10.4 Å². The molecular formula is C10H15N3O3. The average Bonchev–Trinajstić information content (AvgIpc) is 2.25. The Hall–Kier alpha value is -1.69. The first kappa shape index (κ1) is 12.4. The maximum atomic E-state index is 10.7. The molecule has 0 aliphatic carbocycles. The predicted octanol–water partition coefficient (Wildman–Crippen LogP) is 1.42. The number of nitrogens with one attached hydrogen (secondary N) is 1. The third kappa shape index (κ3) is 3.16. The zero-order valence-corrected chi connectivity index (χ0v) is 9.25. The van der Waals surface area contributed by atoms with Crippen LogP contribution in [-0.2, 0) is 0 Å². The average molecular weight is 225 g/mol. The molecule has 0 aromatic carbocycles. The first-order valence-corrected chi connectivity index (χ1v) is 5.02. The summed E-state index contributed by atoms with van der Waals surface area (Å²) in [5.41, 5.74) is 0.290. The van der Waals surface area contributed by atoms with E-state index in [4.69, 9.17) is 0 Å². The summed E-state index contributed by atoms with van der Waals surface area (Å²) in [5.74, 6) is 0.105. The molecule has 0 bridgehead atoms. The van der Waals surface area contributed by atoms with E-state index in [-0.39, 0.29) is 18.2 Å². The topological polar surface area (TPSA) is 88.3 Å². The second kappa shape index (κ2) is 5.41. The van der Waals surface area contributed by atoms with Crippen LogP contribution in [0, 0.1) is 16.0 Å². The highest BCUT2D eigenvalue weighted by atomic mass is 16.6. The largest absolute Gasteiger partial charge is 0.391 e. The minimum atomic E-state index is -0.534. The first-order chi connectivity index (χ1) is 7.52. The van der Waals surface area contributed by atoms with Crippen molar-refractivity contribution in [2.24, 2.45) is 5.92 Å². The highest BCUT2D eigenvalue weighted by Gasteiger charge is 2.15. The van der Waals surface area contributed by atoms with Gasteiger partial charge in [0.15, 0.2) is 0 Å². The lowest BCUT2D eigenvalue weighted by Gasteiger charge is -2.15. The van der Waals surface area contributed by atoms with E-state index < -0.39 is 11.0 Å². The van der Waals surface area contributed by atoms with Crippen molar-refractivity contribution in [2.45, 2.75) is 20.0 Å². The molecule has 16 heavy (non-hydrogen) atoms. The molecule has 0 aliphatic heterocycles. The van der Waals surface area contributed by atoms with Crippen LogP contribution < -0.4 is 5.32 Å². The highest BCUT2D eigenvalue weighted by Crippen LogP contribution is 2.21. The molecular weight excluding hydrogens is 210 g/mol. The summed E-state index contributed by atoms with van der Waals surface area (Å²) in [7, 11) is 0. The highest BCUT2D eigenvalue weighted by molar-refractivity contribution is 5.59. The fourth-order valence-electron chi connectivity index (χ4n) is 1.13. The maximum absolute atomic E-state index is 10.7. The van der Waals surface area contributed by atoms with Crippen molar-refractivity contribution in [1.82, 2.24) is 4.98 Å². The van der Waals surface area contributed by atoms with Gasteiger partial charge in [0, 0.05) is 12.7 Å². The standard InChI is InChI=1S/C10H15N3O3/c1-7(2)10(14)6-12-8-3-4-11-5-9(8)13(15)16/h3-5,7,10,14H,6H2,1-2H3,(H,11,12). The van der Waals surface area contributed by atoms with Crippen LogP contribution in [0.5, 0.6) is 0 Å². The van der Waals surface area contributed by atoms with Crippen LogP contribution in [0.25, 0.3) is 0 Å². The SMILES string of the molecule is CC(C)C(O)CNc1ccncc1[N+](=O)[O-]. The third-order valence-corrected chi connectivity index (χ3v) is 2.27. The van der Waals surface area contributed by atoms with E-state index in [2.05, 4.69) is 10.3 Å². The van der Waals surface area contributed by atoms with Gasteiger partial charge in [-0.1, -0.05) is 13.8 Å². The van der Waals surface area contributed by atoms with Crippen molar-refractivity contribution in [3.63, 3.8) is 0 Å². The van der Waals surface area contributed by atoms with Gasteiger partial charge in [-0.15, -0.1) is 0 Å². The third-order valence-electron chi connectivity index (χ3n) is 2.27. The Morgan fingerprint density at radius 1 is 1.62 bits per heavy atom. The molecule has 1 heterocycles. The Labute approximate surface area is 93.5 Å². The van der Waals surface area contributed by atoms with Gasteiger partial charge in [0.25, 0.3) is 0 Å². The maximum Gasteiger partial charge on any atom is 0.310 e. The van der Waals surface area contributed by atoms with Crippen molar-refractivity contribution >= 4 is 11.4 Å².